The predicted molar refractivity (Wildman–Crippen MR) is 123 cm³/mol. The third-order valence-corrected chi connectivity index (χ3v) is 5.58. The molecule has 0 N–H and O–H groups in total. The van der Waals surface area contributed by atoms with E-state index in [1.54, 1.807) is 6.92 Å². The van der Waals surface area contributed by atoms with Crippen LogP contribution in [0.15, 0.2) is 48.5 Å². The Balaban J connectivity index is 2.60. The Kier molecular flexibility index (Phi) is 7.28. The predicted octanol–water partition coefficient (Wildman–Crippen LogP) is 6.18. The zero-order chi connectivity index (χ0) is 22.7. The maximum atomic E-state index is 12.8. The highest BCUT2D eigenvalue weighted by atomic mass is 16.5. The molecule has 0 aliphatic carbocycles. The average Bonchev–Trinajstić information content (AvgIpc) is 2.64. The Hall–Kier alpha value is -2.42. The van der Waals surface area contributed by atoms with Crippen LogP contribution in [0.4, 0.5) is 0 Å². The van der Waals surface area contributed by atoms with Crippen LogP contribution in [0.5, 0.6) is 0 Å². The topological polar surface area (TPSA) is 43.4 Å². The molecule has 1 unspecified atom stereocenters. The molecule has 0 saturated carbocycles. The van der Waals surface area contributed by atoms with Gasteiger partial charge in [-0.2, -0.15) is 0 Å². The van der Waals surface area contributed by atoms with E-state index in [2.05, 4.69) is 65.8 Å². The largest absolute Gasteiger partial charge is 0.465 e. The number of ketones is 1. The smallest absolute Gasteiger partial charge is 0.317 e. The second-order valence-corrected chi connectivity index (χ2v) is 10.1. The minimum atomic E-state index is -0.870. The van der Waals surface area contributed by atoms with Crippen molar-refractivity contribution in [1.82, 2.24) is 0 Å². The minimum Gasteiger partial charge on any atom is -0.465 e. The van der Waals surface area contributed by atoms with Crippen molar-refractivity contribution in [2.75, 3.05) is 6.61 Å². The first-order valence-corrected chi connectivity index (χ1v) is 10.7. The van der Waals surface area contributed by atoms with Crippen molar-refractivity contribution in [1.29, 1.82) is 0 Å². The summed E-state index contributed by atoms with van der Waals surface area (Å²) < 4.78 is 5.29. The second kappa shape index (κ2) is 9.16. The molecule has 1 atom stereocenters. The van der Waals surface area contributed by atoms with E-state index < -0.39 is 11.9 Å². The minimum absolute atomic E-state index is 0.0313. The molecule has 0 aromatic heterocycles. The molecule has 0 amide bonds. The van der Waals surface area contributed by atoms with Crippen LogP contribution in [0.3, 0.4) is 0 Å². The molecule has 0 bridgehead atoms. The zero-order valence-corrected chi connectivity index (χ0v) is 19.7. The highest BCUT2D eigenvalue weighted by Gasteiger charge is 2.36. The van der Waals surface area contributed by atoms with Crippen LogP contribution in [-0.4, -0.2) is 18.4 Å². The Bertz CT molecular complexity index is 805. The van der Waals surface area contributed by atoms with E-state index in [4.69, 9.17) is 4.74 Å². The summed E-state index contributed by atoms with van der Waals surface area (Å²) in [6, 6.07) is 16.5. The van der Waals surface area contributed by atoms with Gasteiger partial charge in [-0.05, 0) is 46.9 Å². The summed E-state index contributed by atoms with van der Waals surface area (Å²) >= 11 is 0. The molecule has 162 valence electrons. The van der Waals surface area contributed by atoms with Gasteiger partial charge in [-0.15, -0.1) is 0 Å². The van der Waals surface area contributed by atoms with Crippen LogP contribution in [0.25, 0.3) is 0 Å². The number of carbonyl (C=O) groups excluding carboxylic acids is 2. The van der Waals surface area contributed by atoms with Gasteiger partial charge in [0.25, 0.3) is 0 Å². The molecule has 0 aliphatic heterocycles. The standard InChI is InChI=1S/C27H36O3/c1-9-30-25(29)23(18(2)28)24(19-10-14-21(15-11-19)26(3,4)5)20-12-16-22(17-13-20)27(6,7)8/h10-17,23-24H,9H2,1-8H3. The highest BCUT2D eigenvalue weighted by molar-refractivity contribution is 5.99. The highest BCUT2D eigenvalue weighted by Crippen LogP contribution is 2.36. The van der Waals surface area contributed by atoms with E-state index in [0.717, 1.165) is 11.1 Å². The van der Waals surface area contributed by atoms with Crippen molar-refractivity contribution < 1.29 is 14.3 Å². The summed E-state index contributed by atoms with van der Waals surface area (Å²) in [7, 11) is 0. The lowest BCUT2D eigenvalue weighted by molar-refractivity contribution is -0.151. The molecular formula is C27H36O3. The quantitative estimate of drug-likeness (QED) is 0.423. The molecule has 3 heteroatoms. The molecule has 2 aromatic rings. The Morgan fingerprint density at radius 3 is 1.40 bits per heavy atom. The monoisotopic (exact) mass is 408 g/mol. The third kappa shape index (κ3) is 5.59. The SMILES string of the molecule is CCOC(=O)C(C(C)=O)C(c1ccc(C(C)(C)C)cc1)c1ccc(C(C)(C)C)cc1. The van der Waals surface area contributed by atoms with Gasteiger partial charge in [0.05, 0.1) is 6.61 Å². The average molecular weight is 409 g/mol. The first-order valence-electron chi connectivity index (χ1n) is 10.7. The van der Waals surface area contributed by atoms with Gasteiger partial charge in [-0.25, -0.2) is 0 Å². The number of rotatable bonds is 6. The molecule has 0 radical (unpaired) electrons. The van der Waals surface area contributed by atoms with Gasteiger partial charge in [0.2, 0.25) is 0 Å². The summed E-state index contributed by atoms with van der Waals surface area (Å²) in [4.78, 5) is 25.4. The number of benzene rings is 2. The maximum absolute atomic E-state index is 12.8. The van der Waals surface area contributed by atoms with Crippen molar-refractivity contribution in [3.63, 3.8) is 0 Å². The van der Waals surface area contributed by atoms with Crippen molar-refractivity contribution in [2.45, 2.75) is 72.1 Å². The van der Waals surface area contributed by atoms with Crippen LogP contribution in [0.1, 0.15) is 83.6 Å². The van der Waals surface area contributed by atoms with Crippen molar-refractivity contribution in [3.05, 3.63) is 70.8 Å². The summed E-state index contributed by atoms with van der Waals surface area (Å²) in [6.45, 7) is 16.5. The fraction of sp³-hybridized carbons (Fsp3) is 0.481. The van der Waals surface area contributed by atoms with Crippen LogP contribution in [0, 0.1) is 5.92 Å². The Morgan fingerprint density at radius 2 is 1.13 bits per heavy atom. The van der Waals surface area contributed by atoms with Gasteiger partial charge < -0.3 is 4.74 Å². The fourth-order valence-electron chi connectivity index (χ4n) is 3.73. The molecule has 0 fully saturated rings. The number of carbonyl (C=O) groups is 2. The van der Waals surface area contributed by atoms with Gasteiger partial charge in [-0.3, -0.25) is 9.59 Å². The molecule has 2 rings (SSSR count). The number of Topliss-reactive ketones (excluding diaryl/α,β-unsaturated/α-hetero) is 1. The molecular weight excluding hydrogens is 372 g/mol. The lowest BCUT2D eigenvalue weighted by Gasteiger charge is -2.27. The first-order chi connectivity index (χ1) is 13.9. The number of hydrogen-bond donors (Lipinski definition) is 0. The van der Waals surface area contributed by atoms with Crippen LogP contribution in [0.2, 0.25) is 0 Å². The zero-order valence-electron chi connectivity index (χ0n) is 19.7. The normalized spacial score (nSPS) is 13.2. The lowest BCUT2D eigenvalue weighted by Crippen LogP contribution is -2.31. The summed E-state index contributed by atoms with van der Waals surface area (Å²) in [5.41, 5.74) is 4.37. The van der Waals surface area contributed by atoms with Crippen LogP contribution < -0.4 is 0 Å². The summed E-state index contributed by atoms with van der Waals surface area (Å²) in [6.07, 6.45) is 0. The fourth-order valence-corrected chi connectivity index (χ4v) is 3.73. The molecule has 3 nitrogen and oxygen atoms in total. The van der Waals surface area contributed by atoms with Crippen molar-refractivity contribution >= 4 is 11.8 Å². The van der Waals surface area contributed by atoms with E-state index in [-0.39, 0.29) is 29.1 Å². The molecule has 0 aliphatic rings. The van der Waals surface area contributed by atoms with E-state index in [9.17, 15) is 9.59 Å². The van der Waals surface area contributed by atoms with E-state index in [1.807, 2.05) is 24.3 Å². The molecule has 2 aromatic carbocycles. The molecule has 0 spiro atoms. The maximum Gasteiger partial charge on any atom is 0.317 e. The number of ether oxygens (including phenoxy) is 1. The van der Waals surface area contributed by atoms with Gasteiger partial charge in [0, 0.05) is 5.92 Å². The van der Waals surface area contributed by atoms with Crippen LogP contribution >= 0.6 is 0 Å². The van der Waals surface area contributed by atoms with Gasteiger partial charge >= 0.3 is 5.97 Å². The van der Waals surface area contributed by atoms with Gasteiger partial charge in [0.1, 0.15) is 11.7 Å². The van der Waals surface area contributed by atoms with E-state index in [1.165, 1.54) is 18.1 Å². The molecule has 30 heavy (non-hydrogen) atoms. The van der Waals surface area contributed by atoms with E-state index in [0.29, 0.717) is 0 Å². The van der Waals surface area contributed by atoms with Gasteiger partial charge in [0.15, 0.2) is 0 Å². The summed E-state index contributed by atoms with van der Waals surface area (Å²) in [5.74, 6) is -1.90. The number of hydrogen-bond acceptors (Lipinski definition) is 3. The van der Waals surface area contributed by atoms with E-state index >= 15 is 0 Å². The Labute approximate surface area is 181 Å². The lowest BCUT2D eigenvalue weighted by atomic mass is 9.76. The number of esters is 1. The summed E-state index contributed by atoms with van der Waals surface area (Å²) in [5, 5.41) is 0. The van der Waals surface area contributed by atoms with Crippen molar-refractivity contribution in [2.24, 2.45) is 5.92 Å². The molecule has 0 saturated heterocycles. The first kappa shape index (κ1) is 23.9. The van der Waals surface area contributed by atoms with Gasteiger partial charge in [-0.1, -0.05) is 90.1 Å². The van der Waals surface area contributed by atoms with Crippen LogP contribution in [-0.2, 0) is 25.2 Å². The second-order valence-electron chi connectivity index (χ2n) is 10.1. The van der Waals surface area contributed by atoms with Crippen molar-refractivity contribution in [3.8, 4) is 0 Å². The molecule has 0 heterocycles. The third-order valence-electron chi connectivity index (χ3n) is 5.58. The Morgan fingerprint density at radius 1 is 0.767 bits per heavy atom.